The minimum absolute atomic E-state index is 0.444. The summed E-state index contributed by atoms with van der Waals surface area (Å²) in [5.41, 5.74) is 4.48. The summed E-state index contributed by atoms with van der Waals surface area (Å²) in [4.78, 5) is 17.5. The molecule has 2 aromatic rings. The Balaban J connectivity index is 1.74. The fraction of sp³-hybridized carbons (Fsp3) is 0.292. The van der Waals surface area contributed by atoms with E-state index in [-0.39, 0.29) is 0 Å². The van der Waals surface area contributed by atoms with Gasteiger partial charge in [0.1, 0.15) is 5.75 Å². The first-order chi connectivity index (χ1) is 14.5. The molecule has 0 atom stereocenters. The van der Waals surface area contributed by atoms with Gasteiger partial charge in [0.15, 0.2) is 0 Å². The molecule has 2 aliphatic rings. The zero-order valence-corrected chi connectivity index (χ0v) is 18.1. The highest BCUT2D eigenvalue weighted by atomic mass is 32.2. The first-order valence-corrected chi connectivity index (χ1v) is 11.1. The van der Waals surface area contributed by atoms with Crippen LogP contribution in [0.4, 0.5) is 5.69 Å². The summed E-state index contributed by atoms with van der Waals surface area (Å²) in [5.74, 6) is 0.947. The van der Waals surface area contributed by atoms with Crippen LogP contribution in [0.1, 0.15) is 18.9 Å². The monoisotopic (exact) mass is 422 g/mol. The molecule has 2 aliphatic heterocycles. The van der Waals surface area contributed by atoms with Crippen molar-refractivity contribution in [2.75, 3.05) is 37.5 Å². The van der Waals surface area contributed by atoms with Crippen LogP contribution >= 0.6 is 11.8 Å². The summed E-state index contributed by atoms with van der Waals surface area (Å²) in [6.45, 7) is 4.04. The Labute approximate surface area is 181 Å². The molecule has 0 aliphatic carbocycles. The summed E-state index contributed by atoms with van der Waals surface area (Å²) in [5, 5.41) is 9.67. The number of carboxylic acid groups (broad SMARTS) is 1. The molecular weight excluding hydrogens is 396 g/mol. The third-order valence-corrected chi connectivity index (χ3v) is 6.43. The molecule has 5 nitrogen and oxygen atoms in total. The maximum Gasteiger partial charge on any atom is 0.331 e. The fourth-order valence-electron chi connectivity index (χ4n) is 3.86. The summed E-state index contributed by atoms with van der Waals surface area (Å²) in [6.07, 6.45) is 4.52. The van der Waals surface area contributed by atoms with Gasteiger partial charge >= 0.3 is 5.97 Å². The predicted molar refractivity (Wildman–Crippen MR) is 124 cm³/mol. The number of benzene rings is 2. The molecule has 30 heavy (non-hydrogen) atoms. The first kappa shape index (κ1) is 20.4. The van der Waals surface area contributed by atoms with Crippen molar-refractivity contribution in [1.29, 1.82) is 0 Å². The zero-order valence-electron chi connectivity index (χ0n) is 17.3. The third-order valence-electron chi connectivity index (χ3n) is 5.29. The lowest BCUT2D eigenvalue weighted by atomic mass is 9.99. The van der Waals surface area contributed by atoms with Crippen LogP contribution in [0.25, 0.3) is 17.2 Å². The minimum atomic E-state index is -0.850. The van der Waals surface area contributed by atoms with Gasteiger partial charge in [-0.1, -0.05) is 24.3 Å². The average molecular weight is 423 g/mol. The molecular formula is C24H26N2O3S. The summed E-state index contributed by atoms with van der Waals surface area (Å²) in [7, 11) is 2.07. The second-order valence-electron chi connectivity index (χ2n) is 7.47. The number of anilines is 1. The van der Waals surface area contributed by atoms with E-state index in [1.165, 1.54) is 4.91 Å². The maximum atomic E-state index is 11.8. The average Bonchev–Trinajstić information content (AvgIpc) is 3.05. The Kier molecular flexibility index (Phi) is 6.04. The number of nitrogens with zero attached hydrogens (tertiary/aromatic N) is 2. The summed E-state index contributed by atoms with van der Waals surface area (Å²) >= 11 is 1.84. The number of carboxylic acids is 1. The lowest BCUT2D eigenvalue weighted by molar-refractivity contribution is -0.132. The van der Waals surface area contributed by atoms with E-state index < -0.39 is 5.97 Å². The van der Waals surface area contributed by atoms with Crippen LogP contribution in [-0.2, 0) is 4.79 Å². The first-order valence-electron chi connectivity index (χ1n) is 10.1. The molecule has 0 aromatic heterocycles. The molecule has 0 radical (unpaired) electrons. The Morgan fingerprint density at radius 1 is 1.23 bits per heavy atom. The van der Waals surface area contributed by atoms with E-state index in [0.717, 1.165) is 40.5 Å². The van der Waals surface area contributed by atoms with Crippen molar-refractivity contribution in [2.24, 2.45) is 0 Å². The van der Waals surface area contributed by atoms with E-state index in [1.807, 2.05) is 49.0 Å². The van der Waals surface area contributed by atoms with Crippen LogP contribution in [0.5, 0.6) is 5.75 Å². The fourth-order valence-corrected chi connectivity index (χ4v) is 4.81. The highest BCUT2D eigenvalue weighted by molar-refractivity contribution is 8.03. The Bertz CT molecular complexity index is 1020. The van der Waals surface area contributed by atoms with Crippen LogP contribution in [0.2, 0.25) is 0 Å². The quantitative estimate of drug-likeness (QED) is 0.714. The van der Waals surface area contributed by atoms with Gasteiger partial charge in [-0.25, -0.2) is 4.79 Å². The number of rotatable bonds is 6. The van der Waals surface area contributed by atoms with Crippen molar-refractivity contribution in [1.82, 2.24) is 4.90 Å². The van der Waals surface area contributed by atoms with Gasteiger partial charge in [0.25, 0.3) is 0 Å². The molecule has 4 rings (SSSR count). The largest absolute Gasteiger partial charge is 0.493 e. The highest BCUT2D eigenvalue weighted by Crippen LogP contribution is 2.37. The molecule has 0 saturated carbocycles. The summed E-state index contributed by atoms with van der Waals surface area (Å²) in [6, 6.07) is 14.3. The highest BCUT2D eigenvalue weighted by Gasteiger charge is 2.22. The van der Waals surface area contributed by atoms with E-state index >= 15 is 0 Å². The molecule has 1 N–H and O–H groups in total. The lowest BCUT2D eigenvalue weighted by Crippen LogP contribution is -2.26. The second kappa shape index (κ2) is 8.88. The predicted octanol–water partition coefficient (Wildman–Crippen LogP) is 4.91. The molecule has 0 spiro atoms. The van der Waals surface area contributed by atoms with Crippen molar-refractivity contribution in [3.63, 3.8) is 0 Å². The number of carbonyl (C=O) groups is 1. The van der Waals surface area contributed by atoms with E-state index in [9.17, 15) is 9.90 Å². The van der Waals surface area contributed by atoms with Gasteiger partial charge in [-0.2, -0.15) is 0 Å². The van der Waals surface area contributed by atoms with Crippen molar-refractivity contribution < 1.29 is 14.6 Å². The SMILES string of the molecule is CCOc1ccccc1-c1ccc2c(c1)C=C(C(=O)O)CCN2CC1=CN(C)CS1. The molecule has 0 saturated heterocycles. The van der Waals surface area contributed by atoms with Crippen LogP contribution in [0, 0.1) is 0 Å². The Morgan fingerprint density at radius 3 is 2.80 bits per heavy atom. The topological polar surface area (TPSA) is 53.0 Å². The Morgan fingerprint density at radius 2 is 2.07 bits per heavy atom. The third kappa shape index (κ3) is 4.33. The minimum Gasteiger partial charge on any atom is -0.493 e. The molecule has 0 fully saturated rings. The van der Waals surface area contributed by atoms with E-state index in [0.29, 0.717) is 25.1 Å². The van der Waals surface area contributed by atoms with Gasteiger partial charge in [0, 0.05) is 41.5 Å². The maximum absolute atomic E-state index is 11.8. The van der Waals surface area contributed by atoms with Crippen LogP contribution in [0.15, 0.2) is 59.1 Å². The second-order valence-corrected chi connectivity index (χ2v) is 8.55. The number of fused-ring (bicyclic) bond motifs is 1. The van der Waals surface area contributed by atoms with Crippen molar-refractivity contribution in [3.8, 4) is 16.9 Å². The van der Waals surface area contributed by atoms with Gasteiger partial charge in [0.2, 0.25) is 0 Å². The van der Waals surface area contributed by atoms with Crippen molar-refractivity contribution in [2.45, 2.75) is 13.3 Å². The summed E-state index contributed by atoms with van der Waals surface area (Å²) < 4.78 is 5.80. The van der Waals surface area contributed by atoms with Gasteiger partial charge in [-0.05, 0) is 48.7 Å². The molecule has 0 unspecified atom stereocenters. The van der Waals surface area contributed by atoms with Crippen molar-refractivity contribution in [3.05, 3.63) is 64.7 Å². The molecule has 156 valence electrons. The van der Waals surface area contributed by atoms with Crippen molar-refractivity contribution >= 4 is 29.5 Å². The van der Waals surface area contributed by atoms with Crippen LogP contribution in [-0.4, -0.2) is 48.6 Å². The molecule has 6 heteroatoms. The van der Waals surface area contributed by atoms with Gasteiger partial charge < -0.3 is 19.6 Å². The number of para-hydroxylation sites is 1. The number of aliphatic carboxylic acids is 1. The van der Waals surface area contributed by atoms with E-state index in [4.69, 9.17) is 4.74 Å². The van der Waals surface area contributed by atoms with Crippen LogP contribution < -0.4 is 9.64 Å². The van der Waals surface area contributed by atoms with Gasteiger partial charge in [-0.15, -0.1) is 11.8 Å². The van der Waals surface area contributed by atoms with E-state index in [1.54, 1.807) is 0 Å². The number of hydrogen-bond acceptors (Lipinski definition) is 5. The van der Waals surface area contributed by atoms with Gasteiger partial charge in [-0.3, -0.25) is 0 Å². The molecule has 2 heterocycles. The van der Waals surface area contributed by atoms with Crippen LogP contribution in [0.3, 0.4) is 0 Å². The number of hydrogen-bond donors (Lipinski definition) is 1. The molecule has 2 aromatic carbocycles. The molecule has 0 amide bonds. The van der Waals surface area contributed by atoms with E-state index in [2.05, 4.69) is 41.2 Å². The number of ether oxygens (including phenoxy) is 1. The number of thioether (sulfide) groups is 1. The standard InChI is InChI=1S/C24H26N2O3S/c1-3-29-23-7-5-4-6-21(23)17-8-9-22-19(12-17)13-18(24(27)28)10-11-26(22)15-20-14-25(2)16-30-20/h4-9,12-14H,3,10-11,15-16H2,1-2H3,(H,27,28). The smallest absolute Gasteiger partial charge is 0.331 e. The zero-order chi connectivity index (χ0) is 21.1. The Hall–Kier alpha value is -2.86. The van der Waals surface area contributed by atoms with Gasteiger partial charge in [0.05, 0.1) is 19.0 Å². The normalized spacial score (nSPS) is 15.9. The molecule has 0 bridgehead atoms. The lowest BCUT2D eigenvalue weighted by Gasteiger charge is -2.25.